The molecule has 2 amide bonds. The van der Waals surface area contributed by atoms with E-state index in [0.29, 0.717) is 24.4 Å². The van der Waals surface area contributed by atoms with Crippen LogP contribution in [0.4, 0.5) is 9.18 Å². The summed E-state index contributed by atoms with van der Waals surface area (Å²) in [5.74, 6) is -0.765. The first-order valence-corrected chi connectivity index (χ1v) is 9.43. The maximum absolute atomic E-state index is 13.1. The molecule has 1 atom stereocenters. The zero-order valence-electron chi connectivity index (χ0n) is 16.4. The van der Waals surface area contributed by atoms with Crippen LogP contribution >= 0.6 is 0 Å². The molecule has 1 aliphatic rings. The monoisotopic (exact) mass is 397 g/mol. The highest BCUT2D eigenvalue weighted by Gasteiger charge is 2.33. The minimum absolute atomic E-state index is 0.233. The molecule has 3 rings (SSSR count). The molecule has 1 heterocycles. The van der Waals surface area contributed by atoms with Gasteiger partial charge in [-0.3, -0.25) is 4.90 Å². The Balaban J connectivity index is 1.90. The lowest BCUT2D eigenvalue weighted by Crippen LogP contribution is -2.48. The summed E-state index contributed by atoms with van der Waals surface area (Å²) in [5.41, 5.74) is 2.59. The Morgan fingerprint density at radius 3 is 2.45 bits per heavy atom. The first kappa shape index (κ1) is 20.5. The molecule has 0 aromatic heterocycles. The van der Waals surface area contributed by atoms with Crippen LogP contribution in [0.1, 0.15) is 24.1 Å². The molecule has 2 N–H and O–H groups in total. The Bertz CT molecular complexity index is 897. The number of carbonyl (C=O) groups is 2. The number of ether oxygens (including phenoxy) is 1. The highest BCUT2D eigenvalue weighted by molar-refractivity contribution is 5.95. The summed E-state index contributed by atoms with van der Waals surface area (Å²) in [7, 11) is 1.87. The van der Waals surface area contributed by atoms with Crippen molar-refractivity contribution in [1.82, 2.24) is 15.5 Å². The molecule has 7 heteroatoms. The fraction of sp³-hybridized carbons (Fsp3) is 0.273. The smallest absolute Gasteiger partial charge is 0.338 e. The van der Waals surface area contributed by atoms with Crippen molar-refractivity contribution in [2.45, 2.75) is 19.5 Å². The van der Waals surface area contributed by atoms with Gasteiger partial charge in [-0.1, -0.05) is 42.5 Å². The number of rotatable bonds is 7. The van der Waals surface area contributed by atoms with Crippen LogP contribution in [0.5, 0.6) is 0 Å². The SMILES string of the molecule is CCOC(=O)C1=C(CN(C)Cc2ccc(F)cc2)NC(=O)NC1c1ccccc1. The van der Waals surface area contributed by atoms with Crippen LogP contribution in [0.25, 0.3) is 0 Å². The fourth-order valence-electron chi connectivity index (χ4n) is 3.32. The second-order valence-electron chi connectivity index (χ2n) is 6.85. The standard InChI is InChI=1S/C22H24FN3O3/c1-3-29-21(27)19-18(14-26(2)13-15-9-11-17(23)12-10-15)24-22(28)25-20(19)16-7-5-4-6-8-16/h4-12,20H,3,13-14H2,1-2H3,(H2,24,25,28). The van der Waals surface area contributed by atoms with Gasteiger partial charge in [0.25, 0.3) is 0 Å². The Hall–Kier alpha value is -3.19. The van der Waals surface area contributed by atoms with E-state index in [2.05, 4.69) is 10.6 Å². The van der Waals surface area contributed by atoms with Crippen molar-refractivity contribution in [2.24, 2.45) is 0 Å². The van der Waals surface area contributed by atoms with Crippen LogP contribution in [-0.4, -0.2) is 37.1 Å². The predicted octanol–water partition coefficient (Wildman–Crippen LogP) is 3.13. The molecule has 0 saturated carbocycles. The Kier molecular flexibility index (Phi) is 6.61. The van der Waals surface area contributed by atoms with E-state index in [1.807, 2.05) is 42.3 Å². The largest absolute Gasteiger partial charge is 0.463 e. The van der Waals surface area contributed by atoms with E-state index in [9.17, 15) is 14.0 Å². The summed E-state index contributed by atoms with van der Waals surface area (Å²) in [6.45, 7) is 2.82. The summed E-state index contributed by atoms with van der Waals surface area (Å²) < 4.78 is 18.4. The molecule has 6 nitrogen and oxygen atoms in total. The van der Waals surface area contributed by atoms with Crippen molar-refractivity contribution in [3.8, 4) is 0 Å². The van der Waals surface area contributed by atoms with Gasteiger partial charge in [-0.05, 0) is 37.2 Å². The number of amides is 2. The van der Waals surface area contributed by atoms with Gasteiger partial charge in [0.2, 0.25) is 0 Å². The molecule has 0 saturated heterocycles. The van der Waals surface area contributed by atoms with Crippen LogP contribution in [0.3, 0.4) is 0 Å². The topological polar surface area (TPSA) is 70.7 Å². The molecule has 1 aliphatic heterocycles. The second-order valence-corrected chi connectivity index (χ2v) is 6.85. The zero-order chi connectivity index (χ0) is 20.8. The number of esters is 1. The van der Waals surface area contributed by atoms with Crippen LogP contribution in [0.2, 0.25) is 0 Å². The normalized spacial score (nSPS) is 16.4. The number of nitrogens with one attached hydrogen (secondary N) is 2. The first-order chi connectivity index (χ1) is 14.0. The maximum atomic E-state index is 13.1. The third-order valence-corrected chi connectivity index (χ3v) is 4.58. The molecular formula is C22H24FN3O3. The van der Waals surface area contributed by atoms with E-state index < -0.39 is 12.0 Å². The predicted molar refractivity (Wildman–Crippen MR) is 107 cm³/mol. The summed E-state index contributed by atoms with van der Waals surface area (Å²) >= 11 is 0. The van der Waals surface area contributed by atoms with Gasteiger partial charge in [-0.25, -0.2) is 14.0 Å². The van der Waals surface area contributed by atoms with Crippen molar-refractivity contribution >= 4 is 12.0 Å². The van der Waals surface area contributed by atoms with E-state index in [1.54, 1.807) is 19.1 Å². The summed E-state index contributed by atoms with van der Waals surface area (Å²) in [5, 5.41) is 5.57. The molecule has 0 fully saturated rings. The number of benzene rings is 2. The van der Waals surface area contributed by atoms with Crippen molar-refractivity contribution in [1.29, 1.82) is 0 Å². The molecule has 0 bridgehead atoms. The lowest BCUT2D eigenvalue weighted by atomic mass is 9.95. The number of carbonyl (C=O) groups excluding carboxylic acids is 2. The quantitative estimate of drug-likeness (QED) is 0.705. The highest BCUT2D eigenvalue weighted by atomic mass is 19.1. The molecule has 1 unspecified atom stereocenters. The zero-order valence-corrected chi connectivity index (χ0v) is 16.4. The molecule has 29 heavy (non-hydrogen) atoms. The number of halogens is 1. The van der Waals surface area contributed by atoms with Crippen LogP contribution in [0, 0.1) is 5.82 Å². The van der Waals surface area contributed by atoms with Crippen LogP contribution in [-0.2, 0) is 16.1 Å². The third-order valence-electron chi connectivity index (χ3n) is 4.58. The van der Waals surface area contributed by atoms with E-state index in [0.717, 1.165) is 11.1 Å². The molecule has 2 aromatic carbocycles. The maximum Gasteiger partial charge on any atom is 0.338 e. The average molecular weight is 397 g/mol. The minimum atomic E-state index is -0.599. The molecular weight excluding hydrogens is 373 g/mol. The molecule has 0 radical (unpaired) electrons. The lowest BCUT2D eigenvalue weighted by molar-refractivity contribution is -0.139. The highest BCUT2D eigenvalue weighted by Crippen LogP contribution is 2.28. The summed E-state index contributed by atoms with van der Waals surface area (Å²) in [6, 6.07) is 14.5. The van der Waals surface area contributed by atoms with Gasteiger partial charge in [0, 0.05) is 18.8 Å². The van der Waals surface area contributed by atoms with Gasteiger partial charge in [0.1, 0.15) is 5.82 Å². The minimum Gasteiger partial charge on any atom is -0.463 e. The van der Waals surface area contributed by atoms with Crippen LogP contribution in [0.15, 0.2) is 65.9 Å². The summed E-state index contributed by atoms with van der Waals surface area (Å²) in [4.78, 5) is 27.0. The first-order valence-electron chi connectivity index (χ1n) is 9.43. The van der Waals surface area contributed by atoms with E-state index in [4.69, 9.17) is 4.74 Å². The summed E-state index contributed by atoms with van der Waals surface area (Å²) in [6.07, 6.45) is 0. The van der Waals surface area contributed by atoms with Gasteiger partial charge in [-0.2, -0.15) is 0 Å². The number of hydrogen-bond acceptors (Lipinski definition) is 4. The second kappa shape index (κ2) is 9.34. The number of hydrogen-bond donors (Lipinski definition) is 2. The van der Waals surface area contributed by atoms with Crippen molar-refractivity contribution in [3.05, 3.63) is 82.8 Å². The van der Waals surface area contributed by atoms with E-state index in [1.165, 1.54) is 12.1 Å². The number of nitrogens with zero attached hydrogens (tertiary/aromatic N) is 1. The molecule has 0 aliphatic carbocycles. The van der Waals surface area contributed by atoms with Crippen molar-refractivity contribution in [3.63, 3.8) is 0 Å². The van der Waals surface area contributed by atoms with Crippen LogP contribution < -0.4 is 10.6 Å². The van der Waals surface area contributed by atoms with Crippen molar-refractivity contribution < 1.29 is 18.7 Å². The Morgan fingerprint density at radius 2 is 1.79 bits per heavy atom. The molecule has 0 spiro atoms. The van der Waals surface area contributed by atoms with E-state index >= 15 is 0 Å². The Morgan fingerprint density at radius 1 is 1.10 bits per heavy atom. The number of urea groups is 1. The third kappa shape index (κ3) is 5.20. The van der Waals surface area contributed by atoms with Crippen molar-refractivity contribution in [2.75, 3.05) is 20.2 Å². The van der Waals surface area contributed by atoms with Gasteiger partial charge in [0.15, 0.2) is 0 Å². The van der Waals surface area contributed by atoms with Gasteiger partial charge in [-0.15, -0.1) is 0 Å². The average Bonchev–Trinajstić information content (AvgIpc) is 2.70. The van der Waals surface area contributed by atoms with Gasteiger partial charge >= 0.3 is 12.0 Å². The number of likely N-dealkylation sites (N-methyl/N-ethyl adjacent to an activating group) is 1. The van der Waals surface area contributed by atoms with E-state index in [-0.39, 0.29) is 18.5 Å². The van der Waals surface area contributed by atoms with Gasteiger partial charge < -0.3 is 15.4 Å². The fourth-order valence-corrected chi connectivity index (χ4v) is 3.32. The molecule has 2 aromatic rings. The molecule has 152 valence electrons. The Labute approximate surface area is 169 Å². The lowest BCUT2D eigenvalue weighted by Gasteiger charge is -2.31. The van der Waals surface area contributed by atoms with Gasteiger partial charge in [0.05, 0.1) is 18.2 Å².